The quantitative estimate of drug-likeness (QED) is 0.433. The average Bonchev–Trinajstić information content (AvgIpc) is 2.84. The molecule has 1 fully saturated rings. The lowest BCUT2D eigenvalue weighted by molar-refractivity contribution is -0.117. The number of benzene rings is 2. The zero-order valence-corrected chi connectivity index (χ0v) is 22.5. The number of sulfonamides is 1. The van der Waals surface area contributed by atoms with E-state index in [0.717, 1.165) is 50.1 Å². The number of para-hydroxylation sites is 1. The number of amides is 1. The van der Waals surface area contributed by atoms with Gasteiger partial charge in [0.2, 0.25) is 15.9 Å². The van der Waals surface area contributed by atoms with Crippen LogP contribution < -0.4 is 4.90 Å². The van der Waals surface area contributed by atoms with E-state index in [0.29, 0.717) is 31.5 Å². The molecular weight excluding hydrogens is 458 g/mol. The molecule has 0 aromatic heterocycles. The van der Waals surface area contributed by atoms with Crippen molar-refractivity contribution in [2.24, 2.45) is 5.92 Å². The van der Waals surface area contributed by atoms with Crippen molar-refractivity contribution in [3.8, 4) is 0 Å². The standard InChI is InChI=1S/C28H41N3O3S/c1-5-17-29(22-24-15-18-30(19-16-24)35(4,33)34)23(3)20-25-11-10-14-27(21-25)31(28(32)6-2)26-12-8-7-9-13-26/h7-14,21,23-24H,5-6,15-20,22H2,1-4H3. The fraction of sp³-hybridized carbons (Fsp3) is 0.536. The summed E-state index contributed by atoms with van der Waals surface area (Å²) in [5.41, 5.74) is 3.01. The lowest BCUT2D eigenvalue weighted by atomic mass is 9.96. The topological polar surface area (TPSA) is 60.9 Å². The van der Waals surface area contributed by atoms with E-state index >= 15 is 0 Å². The van der Waals surface area contributed by atoms with Gasteiger partial charge in [-0.1, -0.05) is 44.2 Å². The highest BCUT2D eigenvalue weighted by molar-refractivity contribution is 7.88. The molecule has 1 saturated heterocycles. The molecule has 0 radical (unpaired) electrons. The molecule has 0 spiro atoms. The van der Waals surface area contributed by atoms with Crippen molar-refractivity contribution < 1.29 is 13.2 Å². The Morgan fingerprint density at radius 3 is 2.29 bits per heavy atom. The van der Waals surface area contributed by atoms with Crippen molar-refractivity contribution in [2.75, 3.05) is 37.3 Å². The van der Waals surface area contributed by atoms with E-state index < -0.39 is 10.0 Å². The molecular formula is C28H41N3O3S. The van der Waals surface area contributed by atoms with Gasteiger partial charge < -0.3 is 4.90 Å². The Bertz CT molecular complexity index is 1050. The highest BCUT2D eigenvalue weighted by Crippen LogP contribution is 2.28. The molecule has 1 atom stereocenters. The van der Waals surface area contributed by atoms with Gasteiger partial charge in [-0.25, -0.2) is 12.7 Å². The summed E-state index contributed by atoms with van der Waals surface area (Å²) in [6, 6.07) is 18.5. The first-order chi connectivity index (χ1) is 16.7. The average molecular weight is 500 g/mol. The van der Waals surface area contributed by atoms with Gasteiger partial charge in [0.1, 0.15) is 0 Å². The van der Waals surface area contributed by atoms with Crippen LogP contribution >= 0.6 is 0 Å². The van der Waals surface area contributed by atoms with E-state index in [1.54, 1.807) is 4.31 Å². The van der Waals surface area contributed by atoms with Crippen LogP contribution in [0.5, 0.6) is 0 Å². The third-order valence-electron chi connectivity index (χ3n) is 6.94. The molecule has 0 aliphatic carbocycles. The van der Waals surface area contributed by atoms with Gasteiger partial charge in [-0.15, -0.1) is 0 Å². The van der Waals surface area contributed by atoms with Crippen molar-refractivity contribution in [2.45, 2.75) is 58.9 Å². The summed E-state index contributed by atoms with van der Waals surface area (Å²) in [5.74, 6) is 0.596. The van der Waals surface area contributed by atoms with Crippen LogP contribution in [0.25, 0.3) is 0 Å². The van der Waals surface area contributed by atoms with Gasteiger partial charge >= 0.3 is 0 Å². The van der Waals surface area contributed by atoms with Crippen molar-refractivity contribution in [1.29, 1.82) is 0 Å². The first kappa shape index (κ1) is 27.4. The Morgan fingerprint density at radius 1 is 1.03 bits per heavy atom. The number of carbonyl (C=O) groups excluding carboxylic acids is 1. The molecule has 35 heavy (non-hydrogen) atoms. The zero-order valence-electron chi connectivity index (χ0n) is 21.7. The maximum absolute atomic E-state index is 12.8. The van der Waals surface area contributed by atoms with Gasteiger partial charge in [-0.05, 0) is 74.9 Å². The first-order valence-electron chi connectivity index (χ1n) is 12.9. The van der Waals surface area contributed by atoms with Gasteiger partial charge in [0.25, 0.3) is 0 Å². The number of rotatable bonds is 11. The van der Waals surface area contributed by atoms with E-state index in [9.17, 15) is 13.2 Å². The van der Waals surface area contributed by atoms with Gasteiger partial charge in [0, 0.05) is 43.5 Å². The van der Waals surface area contributed by atoms with Crippen LogP contribution in [0.15, 0.2) is 54.6 Å². The lowest BCUT2D eigenvalue weighted by Gasteiger charge is -2.36. The van der Waals surface area contributed by atoms with E-state index in [4.69, 9.17) is 0 Å². The van der Waals surface area contributed by atoms with Gasteiger partial charge in [-0.3, -0.25) is 9.69 Å². The van der Waals surface area contributed by atoms with Crippen LogP contribution in [-0.4, -0.2) is 62.0 Å². The molecule has 1 aliphatic rings. The molecule has 2 aromatic rings. The van der Waals surface area contributed by atoms with Gasteiger partial charge in [0.05, 0.1) is 6.26 Å². The van der Waals surface area contributed by atoms with Crippen molar-refractivity contribution in [1.82, 2.24) is 9.21 Å². The second-order valence-corrected chi connectivity index (χ2v) is 11.7. The summed E-state index contributed by atoms with van der Waals surface area (Å²) in [6.45, 7) is 9.66. The van der Waals surface area contributed by atoms with Crippen LogP contribution in [0.3, 0.4) is 0 Å². The van der Waals surface area contributed by atoms with E-state index in [1.807, 2.05) is 54.3 Å². The largest absolute Gasteiger partial charge is 0.300 e. The molecule has 192 valence electrons. The Hall–Kier alpha value is -2.22. The number of anilines is 2. The summed E-state index contributed by atoms with van der Waals surface area (Å²) in [6.07, 6.45) is 5.57. The van der Waals surface area contributed by atoms with Crippen LogP contribution in [0.4, 0.5) is 11.4 Å². The molecule has 2 aromatic carbocycles. The monoisotopic (exact) mass is 499 g/mol. The molecule has 1 amide bonds. The van der Waals surface area contributed by atoms with E-state index in [1.165, 1.54) is 11.8 Å². The fourth-order valence-corrected chi connectivity index (χ4v) is 5.87. The molecule has 0 saturated carbocycles. The Morgan fingerprint density at radius 2 is 1.69 bits per heavy atom. The zero-order chi connectivity index (χ0) is 25.4. The highest BCUT2D eigenvalue weighted by Gasteiger charge is 2.27. The maximum atomic E-state index is 12.8. The molecule has 6 nitrogen and oxygen atoms in total. The van der Waals surface area contributed by atoms with E-state index in [-0.39, 0.29) is 5.91 Å². The van der Waals surface area contributed by atoms with Crippen molar-refractivity contribution in [3.63, 3.8) is 0 Å². The first-order valence-corrected chi connectivity index (χ1v) is 14.7. The summed E-state index contributed by atoms with van der Waals surface area (Å²) < 4.78 is 25.3. The minimum absolute atomic E-state index is 0.0782. The molecule has 1 aliphatic heterocycles. The maximum Gasteiger partial charge on any atom is 0.231 e. The number of hydrogen-bond donors (Lipinski definition) is 0. The molecule has 0 N–H and O–H groups in total. The molecule has 3 rings (SSSR count). The third kappa shape index (κ3) is 7.63. The van der Waals surface area contributed by atoms with Crippen LogP contribution in [0.2, 0.25) is 0 Å². The second kappa shape index (κ2) is 12.7. The predicted octanol–water partition coefficient (Wildman–Crippen LogP) is 5.08. The van der Waals surface area contributed by atoms with E-state index in [2.05, 4.69) is 30.9 Å². The van der Waals surface area contributed by atoms with Crippen LogP contribution in [-0.2, 0) is 21.2 Å². The lowest BCUT2D eigenvalue weighted by Crippen LogP contribution is -2.44. The minimum Gasteiger partial charge on any atom is -0.300 e. The van der Waals surface area contributed by atoms with Gasteiger partial charge in [-0.2, -0.15) is 0 Å². The summed E-state index contributed by atoms with van der Waals surface area (Å²) in [5, 5.41) is 0. The highest BCUT2D eigenvalue weighted by atomic mass is 32.2. The van der Waals surface area contributed by atoms with Gasteiger partial charge in [0.15, 0.2) is 0 Å². The Labute approximate surface area is 212 Å². The smallest absolute Gasteiger partial charge is 0.231 e. The molecule has 0 bridgehead atoms. The van der Waals surface area contributed by atoms with Crippen molar-refractivity contribution in [3.05, 3.63) is 60.2 Å². The summed E-state index contributed by atoms with van der Waals surface area (Å²) in [4.78, 5) is 17.2. The minimum atomic E-state index is -3.09. The molecule has 1 heterocycles. The normalized spacial score (nSPS) is 16.4. The van der Waals surface area contributed by atoms with Crippen molar-refractivity contribution >= 4 is 27.3 Å². The number of piperidine rings is 1. The molecule has 1 unspecified atom stereocenters. The predicted molar refractivity (Wildman–Crippen MR) is 144 cm³/mol. The summed E-state index contributed by atoms with van der Waals surface area (Å²) >= 11 is 0. The third-order valence-corrected chi connectivity index (χ3v) is 8.24. The number of hydrogen-bond acceptors (Lipinski definition) is 4. The van der Waals surface area contributed by atoms with Crippen LogP contribution in [0.1, 0.15) is 52.0 Å². The SMILES string of the molecule is CCCN(CC1CCN(S(C)(=O)=O)CC1)C(C)Cc1cccc(N(C(=O)CC)c2ccccc2)c1. The summed E-state index contributed by atoms with van der Waals surface area (Å²) in [7, 11) is -3.09. The molecule has 7 heteroatoms. The fourth-order valence-electron chi connectivity index (χ4n) is 5.00. The Kier molecular flexibility index (Phi) is 9.89. The Balaban J connectivity index is 1.70. The van der Waals surface area contributed by atoms with Crippen LogP contribution in [0, 0.1) is 5.92 Å². The number of nitrogens with zero attached hydrogens (tertiary/aromatic N) is 3. The second-order valence-electron chi connectivity index (χ2n) is 9.74. The number of carbonyl (C=O) groups is 1.